The topological polar surface area (TPSA) is 77.0 Å². The normalized spacial score (nSPS) is 10.9. The lowest BCUT2D eigenvalue weighted by atomic mass is 10.0. The van der Waals surface area contributed by atoms with Crippen molar-refractivity contribution in [3.8, 4) is 11.5 Å². The number of carbonyl (C=O) groups excluding carboxylic acids is 2. The summed E-state index contributed by atoms with van der Waals surface area (Å²) in [6.45, 7) is -0.260. The Balaban J connectivity index is 1.52. The van der Waals surface area contributed by atoms with Crippen LogP contribution in [0.15, 0.2) is 84.0 Å². The van der Waals surface area contributed by atoms with E-state index < -0.39 is 11.9 Å². The molecule has 176 valence electrons. The highest BCUT2D eigenvalue weighted by Crippen LogP contribution is 2.29. The maximum Gasteiger partial charge on any atom is 0.345 e. The van der Waals surface area contributed by atoms with E-state index >= 15 is 0 Å². The quantitative estimate of drug-likeness (QED) is 0.128. The molecule has 4 aromatic carbocycles. The van der Waals surface area contributed by atoms with E-state index in [1.54, 1.807) is 36.4 Å². The van der Waals surface area contributed by atoms with Crippen LogP contribution in [0, 0.1) is 0 Å². The number of hydrazone groups is 1. The molecule has 9 heteroatoms. The molecule has 0 saturated carbocycles. The van der Waals surface area contributed by atoms with Gasteiger partial charge in [0, 0.05) is 15.6 Å². The molecule has 0 aliphatic carbocycles. The molecule has 0 unspecified atom stereocenters. The Hall–Kier alpha value is -3.58. The van der Waals surface area contributed by atoms with Crippen molar-refractivity contribution in [3.05, 3.63) is 105 Å². The number of esters is 1. The van der Waals surface area contributed by atoms with E-state index in [2.05, 4.69) is 10.5 Å². The van der Waals surface area contributed by atoms with Crippen LogP contribution in [0.5, 0.6) is 11.5 Å². The molecule has 0 spiro atoms. The van der Waals surface area contributed by atoms with Crippen molar-refractivity contribution in [2.45, 2.75) is 0 Å². The zero-order chi connectivity index (χ0) is 24.8. The van der Waals surface area contributed by atoms with Crippen LogP contribution in [-0.4, -0.2) is 24.7 Å². The minimum Gasteiger partial charge on any atom is -0.484 e. The summed E-state index contributed by atoms with van der Waals surface area (Å²) in [7, 11) is 0. The van der Waals surface area contributed by atoms with E-state index in [-0.39, 0.29) is 22.9 Å². The second kappa shape index (κ2) is 11.2. The highest BCUT2D eigenvalue weighted by atomic mass is 35.5. The second-order valence-electron chi connectivity index (χ2n) is 7.25. The number of benzene rings is 4. The number of fused-ring (bicyclic) bond motifs is 1. The SMILES string of the molecule is O=C(COc1cccc(Cl)c1)NN=Cc1c(OC(=O)c2ccc(Cl)cc2Cl)ccc2ccccc12. The minimum absolute atomic E-state index is 0.165. The number of amides is 1. The molecule has 1 N–H and O–H groups in total. The molecule has 0 bridgehead atoms. The zero-order valence-corrected chi connectivity index (χ0v) is 20.3. The third-order valence-electron chi connectivity index (χ3n) is 4.83. The van der Waals surface area contributed by atoms with Gasteiger partial charge in [-0.2, -0.15) is 5.10 Å². The van der Waals surface area contributed by atoms with Gasteiger partial charge < -0.3 is 9.47 Å². The van der Waals surface area contributed by atoms with Crippen molar-refractivity contribution >= 4 is 63.7 Å². The lowest BCUT2D eigenvalue weighted by Crippen LogP contribution is -2.24. The molecule has 0 heterocycles. The molecule has 0 aliphatic rings. The molecule has 0 radical (unpaired) electrons. The Morgan fingerprint density at radius 3 is 2.49 bits per heavy atom. The van der Waals surface area contributed by atoms with Gasteiger partial charge in [0.1, 0.15) is 11.5 Å². The number of rotatable bonds is 7. The molecule has 4 aromatic rings. The molecular formula is C26H17Cl3N2O4. The molecule has 4 rings (SSSR count). The van der Waals surface area contributed by atoms with Gasteiger partial charge in [-0.1, -0.05) is 71.2 Å². The van der Waals surface area contributed by atoms with Crippen molar-refractivity contribution in [3.63, 3.8) is 0 Å². The number of hydrogen-bond acceptors (Lipinski definition) is 5. The lowest BCUT2D eigenvalue weighted by Gasteiger charge is -2.11. The average Bonchev–Trinajstić information content (AvgIpc) is 2.84. The predicted octanol–water partition coefficient (Wildman–Crippen LogP) is 6.55. The number of hydrogen-bond donors (Lipinski definition) is 1. The lowest BCUT2D eigenvalue weighted by molar-refractivity contribution is -0.123. The zero-order valence-electron chi connectivity index (χ0n) is 18.0. The fourth-order valence-corrected chi connectivity index (χ4v) is 3.88. The summed E-state index contributed by atoms with van der Waals surface area (Å²) >= 11 is 18.0. The molecule has 0 aliphatic heterocycles. The van der Waals surface area contributed by atoms with Gasteiger partial charge in [0.15, 0.2) is 6.61 Å². The highest BCUT2D eigenvalue weighted by Gasteiger charge is 2.16. The maximum absolute atomic E-state index is 12.8. The van der Waals surface area contributed by atoms with E-state index in [1.807, 2.05) is 30.3 Å². The largest absolute Gasteiger partial charge is 0.484 e. The molecule has 0 aromatic heterocycles. The van der Waals surface area contributed by atoms with E-state index in [0.717, 1.165) is 10.8 Å². The van der Waals surface area contributed by atoms with Crippen LogP contribution >= 0.6 is 34.8 Å². The first-order valence-electron chi connectivity index (χ1n) is 10.3. The van der Waals surface area contributed by atoms with Gasteiger partial charge in [0.25, 0.3) is 5.91 Å². The molecule has 35 heavy (non-hydrogen) atoms. The van der Waals surface area contributed by atoms with Gasteiger partial charge in [-0.15, -0.1) is 0 Å². The average molecular weight is 528 g/mol. The van der Waals surface area contributed by atoms with Gasteiger partial charge in [-0.25, -0.2) is 10.2 Å². The Morgan fingerprint density at radius 2 is 1.69 bits per heavy atom. The third kappa shape index (κ3) is 6.31. The molecule has 6 nitrogen and oxygen atoms in total. The molecule has 0 fully saturated rings. The van der Waals surface area contributed by atoms with Gasteiger partial charge >= 0.3 is 5.97 Å². The second-order valence-corrected chi connectivity index (χ2v) is 8.53. The van der Waals surface area contributed by atoms with Crippen LogP contribution in [0.2, 0.25) is 15.1 Å². The Kier molecular flexibility index (Phi) is 7.87. The summed E-state index contributed by atoms with van der Waals surface area (Å²) in [4.78, 5) is 24.9. The van der Waals surface area contributed by atoms with E-state index in [1.165, 1.54) is 18.3 Å². The van der Waals surface area contributed by atoms with Crippen LogP contribution in [0.4, 0.5) is 0 Å². The summed E-state index contributed by atoms with van der Waals surface area (Å²) in [6.07, 6.45) is 1.41. The fourth-order valence-electron chi connectivity index (χ4n) is 3.21. The van der Waals surface area contributed by atoms with E-state index in [0.29, 0.717) is 21.4 Å². The summed E-state index contributed by atoms with van der Waals surface area (Å²) in [5.41, 5.74) is 3.07. The van der Waals surface area contributed by atoms with Crippen LogP contribution < -0.4 is 14.9 Å². The molecular weight excluding hydrogens is 511 g/mol. The summed E-state index contributed by atoms with van der Waals surface area (Å²) in [6, 6.07) is 22.2. The van der Waals surface area contributed by atoms with E-state index in [9.17, 15) is 9.59 Å². The summed E-state index contributed by atoms with van der Waals surface area (Å²) in [5.74, 6) is -0.433. The van der Waals surface area contributed by atoms with Crippen molar-refractivity contribution in [2.24, 2.45) is 5.10 Å². The summed E-state index contributed by atoms with van der Waals surface area (Å²) in [5, 5.41) is 6.77. The van der Waals surface area contributed by atoms with Crippen molar-refractivity contribution in [2.75, 3.05) is 6.61 Å². The van der Waals surface area contributed by atoms with Gasteiger partial charge in [-0.3, -0.25) is 4.79 Å². The summed E-state index contributed by atoms with van der Waals surface area (Å²) < 4.78 is 11.0. The van der Waals surface area contributed by atoms with Crippen molar-refractivity contribution in [1.82, 2.24) is 5.43 Å². The Labute approximate surface area is 216 Å². The Bertz CT molecular complexity index is 1440. The Morgan fingerprint density at radius 1 is 0.886 bits per heavy atom. The molecule has 0 atom stereocenters. The standard InChI is InChI=1S/C26H17Cl3N2O4/c27-17-5-3-6-19(12-17)34-15-25(32)31-30-14-22-20-7-2-1-4-16(20)8-11-24(22)35-26(33)21-10-9-18(28)13-23(21)29/h1-14H,15H2,(H,31,32). The monoisotopic (exact) mass is 526 g/mol. The number of nitrogens with zero attached hydrogens (tertiary/aromatic N) is 1. The smallest absolute Gasteiger partial charge is 0.345 e. The maximum atomic E-state index is 12.8. The highest BCUT2D eigenvalue weighted by molar-refractivity contribution is 6.36. The number of nitrogens with one attached hydrogen (secondary N) is 1. The van der Waals surface area contributed by atoms with Gasteiger partial charge in [-0.05, 0) is 53.2 Å². The number of carbonyl (C=O) groups is 2. The predicted molar refractivity (Wildman–Crippen MR) is 138 cm³/mol. The molecule has 0 saturated heterocycles. The van der Waals surface area contributed by atoms with Crippen LogP contribution in [-0.2, 0) is 4.79 Å². The third-order valence-corrected chi connectivity index (χ3v) is 5.62. The first kappa shape index (κ1) is 24.5. The van der Waals surface area contributed by atoms with Crippen LogP contribution in [0.25, 0.3) is 10.8 Å². The fraction of sp³-hybridized carbons (Fsp3) is 0.0385. The van der Waals surface area contributed by atoms with Gasteiger partial charge in [0.05, 0.1) is 16.8 Å². The molecule has 1 amide bonds. The minimum atomic E-state index is -0.657. The first-order chi connectivity index (χ1) is 16.9. The van der Waals surface area contributed by atoms with Crippen LogP contribution in [0.1, 0.15) is 15.9 Å². The number of halogens is 3. The first-order valence-corrected chi connectivity index (χ1v) is 11.4. The number of ether oxygens (including phenoxy) is 2. The van der Waals surface area contributed by atoms with Crippen molar-refractivity contribution in [1.29, 1.82) is 0 Å². The van der Waals surface area contributed by atoms with E-state index in [4.69, 9.17) is 44.3 Å². The van der Waals surface area contributed by atoms with Crippen LogP contribution in [0.3, 0.4) is 0 Å². The van der Waals surface area contributed by atoms with Gasteiger partial charge in [0.2, 0.25) is 0 Å². The van der Waals surface area contributed by atoms with Crippen molar-refractivity contribution < 1.29 is 19.1 Å².